The molecule has 0 aromatic heterocycles. The van der Waals surface area contributed by atoms with E-state index in [0.29, 0.717) is 21.3 Å². The van der Waals surface area contributed by atoms with Crippen LogP contribution in [0.2, 0.25) is 15.1 Å². The molecule has 2 nitrogen and oxygen atoms in total. The Bertz CT molecular complexity index is 670. The van der Waals surface area contributed by atoms with Gasteiger partial charge >= 0.3 is 0 Å². The first-order valence-corrected chi connectivity index (χ1v) is 6.76. The molecule has 5 heteroatoms. The van der Waals surface area contributed by atoms with Crippen LogP contribution < -0.4 is 5.32 Å². The molecule has 0 saturated carbocycles. The van der Waals surface area contributed by atoms with Crippen LogP contribution in [-0.4, -0.2) is 5.91 Å². The minimum atomic E-state index is -0.446. The van der Waals surface area contributed by atoms with E-state index in [9.17, 15) is 4.79 Å². The van der Waals surface area contributed by atoms with Gasteiger partial charge in [-0.1, -0.05) is 65.1 Å². The van der Waals surface area contributed by atoms with Gasteiger partial charge in [-0.15, -0.1) is 0 Å². The van der Waals surface area contributed by atoms with Crippen molar-refractivity contribution in [2.45, 2.75) is 5.92 Å². The summed E-state index contributed by atoms with van der Waals surface area (Å²) in [5, 5.41) is 3.73. The van der Waals surface area contributed by atoms with Crippen LogP contribution in [0.25, 0.3) is 0 Å². The van der Waals surface area contributed by atoms with E-state index in [0.717, 1.165) is 5.56 Å². The molecule has 0 unspecified atom stereocenters. The lowest BCUT2D eigenvalue weighted by Crippen LogP contribution is -2.13. The zero-order valence-corrected chi connectivity index (χ0v) is 11.9. The van der Waals surface area contributed by atoms with Crippen LogP contribution in [0.15, 0.2) is 36.4 Å². The second-order valence-corrected chi connectivity index (χ2v) is 5.44. The maximum absolute atomic E-state index is 12.2. The Balaban J connectivity index is 2.22. The SMILES string of the molecule is O=C1Nc2cc(Cl)c(Cl)c(Cl)c2[C@@H]1c1ccccc1. The number of hydrogen-bond donors (Lipinski definition) is 1. The summed E-state index contributed by atoms with van der Waals surface area (Å²) in [6, 6.07) is 11.1. The monoisotopic (exact) mass is 311 g/mol. The molecule has 1 heterocycles. The standard InChI is InChI=1S/C14H8Cl3NO/c15-8-6-9-11(13(17)12(8)16)10(14(19)18-9)7-4-2-1-3-5-7/h1-6,10H,(H,18,19)/t10-/m0/s1. The molecule has 19 heavy (non-hydrogen) atoms. The molecule has 96 valence electrons. The molecule has 0 radical (unpaired) electrons. The highest BCUT2D eigenvalue weighted by molar-refractivity contribution is 6.49. The predicted octanol–water partition coefficient (Wildman–Crippen LogP) is 4.73. The average Bonchev–Trinajstić information content (AvgIpc) is 2.73. The number of carbonyl (C=O) groups excluding carboxylic acids is 1. The average molecular weight is 313 g/mol. The van der Waals surface area contributed by atoms with Crippen molar-refractivity contribution in [1.29, 1.82) is 0 Å². The molecule has 2 aromatic carbocycles. The number of amides is 1. The van der Waals surface area contributed by atoms with Gasteiger partial charge in [-0.3, -0.25) is 4.79 Å². The van der Waals surface area contributed by atoms with Crippen molar-refractivity contribution in [2.24, 2.45) is 0 Å². The Hall–Kier alpha value is -1.22. The highest BCUT2D eigenvalue weighted by atomic mass is 35.5. The molecule has 0 spiro atoms. The van der Waals surface area contributed by atoms with E-state index >= 15 is 0 Å². The normalized spacial score (nSPS) is 17.2. The third kappa shape index (κ3) is 2.00. The van der Waals surface area contributed by atoms with Gasteiger partial charge < -0.3 is 5.32 Å². The fourth-order valence-corrected chi connectivity index (χ4v) is 3.02. The van der Waals surface area contributed by atoms with Crippen molar-refractivity contribution < 1.29 is 4.79 Å². The fraction of sp³-hybridized carbons (Fsp3) is 0.0714. The van der Waals surface area contributed by atoms with E-state index < -0.39 is 5.92 Å². The van der Waals surface area contributed by atoms with Crippen LogP contribution in [0.4, 0.5) is 5.69 Å². The summed E-state index contributed by atoms with van der Waals surface area (Å²) in [5.74, 6) is -0.570. The number of rotatable bonds is 1. The number of halogens is 3. The zero-order valence-electron chi connectivity index (χ0n) is 9.58. The van der Waals surface area contributed by atoms with Crippen LogP contribution in [0.3, 0.4) is 0 Å². The Labute approximate surface area is 125 Å². The van der Waals surface area contributed by atoms with Gasteiger partial charge in [0.1, 0.15) is 0 Å². The van der Waals surface area contributed by atoms with Crippen LogP contribution in [-0.2, 0) is 4.79 Å². The summed E-state index contributed by atoms with van der Waals surface area (Å²) >= 11 is 18.3. The van der Waals surface area contributed by atoms with Gasteiger partial charge in [0.2, 0.25) is 5.91 Å². The summed E-state index contributed by atoms with van der Waals surface area (Å²) < 4.78 is 0. The first-order chi connectivity index (χ1) is 9.09. The number of hydrogen-bond acceptors (Lipinski definition) is 1. The van der Waals surface area contributed by atoms with Crippen molar-refractivity contribution in [3.63, 3.8) is 0 Å². The van der Waals surface area contributed by atoms with Crippen LogP contribution in [0.5, 0.6) is 0 Å². The summed E-state index contributed by atoms with van der Waals surface area (Å²) in [7, 11) is 0. The van der Waals surface area contributed by atoms with E-state index in [1.54, 1.807) is 6.07 Å². The molecular formula is C14H8Cl3NO. The van der Waals surface area contributed by atoms with E-state index in [1.807, 2.05) is 30.3 Å². The maximum atomic E-state index is 12.2. The number of anilines is 1. The van der Waals surface area contributed by atoms with Crippen molar-refractivity contribution in [3.8, 4) is 0 Å². The van der Waals surface area contributed by atoms with Crippen LogP contribution >= 0.6 is 34.8 Å². The van der Waals surface area contributed by atoms with Gasteiger partial charge in [-0.05, 0) is 11.6 Å². The van der Waals surface area contributed by atoms with Gasteiger partial charge in [0.05, 0.1) is 21.0 Å². The highest BCUT2D eigenvalue weighted by Crippen LogP contribution is 2.46. The Morgan fingerprint density at radius 3 is 2.37 bits per heavy atom. The number of fused-ring (bicyclic) bond motifs is 1. The number of nitrogens with one attached hydrogen (secondary N) is 1. The Morgan fingerprint density at radius 1 is 1.00 bits per heavy atom. The molecule has 0 fully saturated rings. The zero-order chi connectivity index (χ0) is 13.6. The highest BCUT2D eigenvalue weighted by Gasteiger charge is 2.35. The third-order valence-electron chi connectivity index (χ3n) is 3.14. The molecule has 1 aliphatic rings. The lowest BCUT2D eigenvalue weighted by molar-refractivity contribution is -0.116. The predicted molar refractivity (Wildman–Crippen MR) is 78.4 cm³/mol. The van der Waals surface area contributed by atoms with Gasteiger partial charge in [0.25, 0.3) is 0 Å². The molecule has 3 rings (SSSR count). The molecule has 1 aliphatic heterocycles. The first-order valence-electron chi connectivity index (χ1n) is 5.63. The second kappa shape index (κ2) is 4.71. The van der Waals surface area contributed by atoms with Crippen molar-refractivity contribution in [2.75, 3.05) is 5.32 Å². The molecule has 1 atom stereocenters. The van der Waals surface area contributed by atoms with E-state index in [-0.39, 0.29) is 10.9 Å². The molecule has 1 amide bonds. The van der Waals surface area contributed by atoms with Crippen LogP contribution in [0, 0.1) is 0 Å². The van der Waals surface area contributed by atoms with Gasteiger partial charge in [-0.25, -0.2) is 0 Å². The van der Waals surface area contributed by atoms with Gasteiger partial charge in [0.15, 0.2) is 0 Å². The van der Waals surface area contributed by atoms with Crippen molar-refractivity contribution >= 4 is 46.4 Å². The minimum Gasteiger partial charge on any atom is -0.325 e. The van der Waals surface area contributed by atoms with Crippen LogP contribution in [0.1, 0.15) is 17.0 Å². The van der Waals surface area contributed by atoms with E-state index in [4.69, 9.17) is 34.8 Å². The lowest BCUT2D eigenvalue weighted by Gasteiger charge is -2.12. The largest absolute Gasteiger partial charge is 0.325 e. The van der Waals surface area contributed by atoms with Crippen molar-refractivity contribution in [3.05, 3.63) is 62.6 Å². The third-order valence-corrected chi connectivity index (χ3v) is 4.42. The molecule has 0 aliphatic carbocycles. The topological polar surface area (TPSA) is 29.1 Å². The van der Waals surface area contributed by atoms with E-state index in [1.165, 1.54) is 0 Å². The second-order valence-electron chi connectivity index (χ2n) is 4.28. The maximum Gasteiger partial charge on any atom is 0.236 e. The first kappa shape index (κ1) is 12.8. The quantitative estimate of drug-likeness (QED) is 0.758. The molecule has 2 aromatic rings. The van der Waals surface area contributed by atoms with E-state index in [2.05, 4.69) is 5.32 Å². The summed E-state index contributed by atoms with van der Waals surface area (Å²) in [6.45, 7) is 0. The number of carbonyl (C=O) groups is 1. The Kier molecular flexibility index (Phi) is 3.17. The summed E-state index contributed by atoms with van der Waals surface area (Å²) in [5.41, 5.74) is 2.18. The molecular weight excluding hydrogens is 305 g/mol. The van der Waals surface area contributed by atoms with Gasteiger partial charge in [-0.2, -0.15) is 0 Å². The summed E-state index contributed by atoms with van der Waals surface area (Å²) in [6.07, 6.45) is 0. The summed E-state index contributed by atoms with van der Waals surface area (Å²) in [4.78, 5) is 12.2. The van der Waals surface area contributed by atoms with Gasteiger partial charge in [0, 0.05) is 11.3 Å². The number of benzene rings is 2. The lowest BCUT2D eigenvalue weighted by atomic mass is 9.92. The van der Waals surface area contributed by atoms with Crippen molar-refractivity contribution in [1.82, 2.24) is 0 Å². The Morgan fingerprint density at radius 2 is 1.68 bits per heavy atom. The fourth-order valence-electron chi connectivity index (χ4n) is 2.29. The smallest absolute Gasteiger partial charge is 0.236 e. The minimum absolute atomic E-state index is 0.124. The molecule has 0 saturated heterocycles. The molecule has 0 bridgehead atoms. The molecule has 1 N–H and O–H groups in total.